The Morgan fingerprint density at radius 3 is 1.88 bits per heavy atom. The normalized spacial score (nSPS) is 9.47. The van der Waals surface area contributed by atoms with E-state index in [1.807, 2.05) is 20.8 Å². The molecule has 0 aliphatic rings. The van der Waals surface area contributed by atoms with Gasteiger partial charge in [0.25, 0.3) is 0 Å². The zero-order valence-electron chi connectivity index (χ0n) is 11.3. The molecular weight excluding hydrogens is 220 g/mol. The van der Waals surface area contributed by atoms with Gasteiger partial charge < -0.3 is 9.47 Å². The van der Waals surface area contributed by atoms with E-state index in [-0.39, 0.29) is 11.9 Å². The van der Waals surface area contributed by atoms with Crippen molar-refractivity contribution in [3.05, 3.63) is 24.8 Å². The molecule has 0 saturated heterocycles. The second kappa shape index (κ2) is 8.56. The van der Waals surface area contributed by atoms with Gasteiger partial charge >= 0.3 is 11.9 Å². The monoisotopic (exact) mass is 242 g/mol. The third-order valence-corrected chi connectivity index (χ3v) is 1.20. The van der Waals surface area contributed by atoms with E-state index in [1.54, 1.807) is 13.8 Å². The van der Waals surface area contributed by atoms with Gasteiger partial charge in [-0.15, -0.1) is 0 Å². The fourth-order valence-corrected chi connectivity index (χ4v) is 0.598. The average molecular weight is 242 g/mol. The minimum atomic E-state index is -0.398. The van der Waals surface area contributed by atoms with E-state index >= 15 is 0 Å². The predicted octanol–water partition coefficient (Wildman–Crippen LogP) is 2.64. The molecule has 4 nitrogen and oxygen atoms in total. The van der Waals surface area contributed by atoms with Crippen molar-refractivity contribution in [2.75, 3.05) is 6.61 Å². The van der Waals surface area contributed by atoms with Crippen LogP contribution in [0.5, 0.6) is 0 Å². The largest absolute Gasteiger partial charge is 0.463 e. The molecule has 0 rings (SSSR count). The Morgan fingerprint density at radius 2 is 1.76 bits per heavy atom. The van der Waals surface area contributed by atoms with Gasteiger partial charge in [0.1, 0.15) is 5.60 Å². The Hall–Kier alpha value is -1.58. The van der Waals surface area contributed by atoms with Gasteiger partial charge in [0.05, 0.1) is 6.61 Å². The zero-order chi connectivity index (χ0) is 14.1. The Bertz CT molecular complexity index is 284. The molecule has 0 aromatic rings. The van der Waals surface area contributed by atoms with E-state index in [4.69, 9.17) is 4.74 Å². The minimum Gasteiger partial charge on any atom is -0.463 e. The lowest BCUT2D eigenvalue weighted by Crippen LogP contribution is -2.22. The summed E-state index contributed by atoms with van der Waals surface area (Å²) in [6, 6.07) is 0. The van der Waals surface area contributed by atoms with Gasteiger partial charge in [-0.25, -0.2) is 9.59 Å². The number of hydrogen-bond acceptors (Lipinski definition) is 4. The van der Waals surface area contributed by atoms with Crippen molar-refractivity contribution in [3.8, 4) is 0 Å². The number of carbonyl (C=O) groups is 2. The number of carbonyl (C=O) groups excluding carboxylic acids is 2. The summed E-state index contributed by atoms with van der Waals surface area (Å²) in [5.74, 6) is -0.685. The number of hydrogen-bond donors (Lipinski definition) is 0. The second-order valence-electron chi connectivity index (χ2n) is 4.24. The summed E-state index contributed by atoms with van der Waals surface area (Å²) >= 11 is 0. The average Bonchev–Trinajstić information content (AvgIpc) is 2.16. The Labute approximate surface area is 103 Å². The zero-order valence-corrected chi connectivity index (χ0v) is 11.3. The first-order valence-corrected chi connectivity index (χ1v) is 5.32. The highest BCUT2D eigenvalue weighted by Gasteiger charge is 2.12. The van der Waals surface area contributed by atoms with Gasteiger partial charge in [-0.1, -0.05) is 13.2 Å². The van der Waals surface area contributed by atoms with Crippen LogP contribution >= 0.6 is 0 Å². The summed E-state index contributed by atoms with van der Waals surface area (Å²) < 4.78 is 9.39. The van der Waals surface area contributed by atoms with Crippen molar-refractivity contribution in [3.63, 3.8) is 0 Å². The molecule has 17 heavy (non-hydrogen) atoms. The quantitative estimate of drug-likeness (QED) is 0.564. The highest BCUT2D eigenvalue weighted by Crippen LogP contribution is 2.06. The molecular formula is C13H22O4. The third kappa shape index (κ3) is 14.4. The maximum Gasteiger partial charge on any atom is 0.333 e. The van der Waals surface area contributed by atoms with E-state index in [0.717, 1.165) is 6.08 Å². The molecule has 98 valence electrons. The van der Waals surface area contributed by atoms with Crippen LogP contribution in [0.3, 0.4) is 0 Å². The molecule has 0 unspecified atom stereocenters. The van der Waals surface area contributed by atoms with Crippen molar-refractivity contribution in [2.24, 2.45) is 0 Å². The molecule has 0 bridgehead atoms. The van der Waals surface area contributed by atoms with Crippen LogP contribution in [0.1, 0.15) is 34.6 Å². The van der Waals surface area contributed by atoms with E-state index in [2.05, 4.69) is 17.9 Å². The first kappa shape index (κ1) is 17.8. The maximum atomic E-state index is 10.5. The van der Waals surface area contributed by atoms with Crippen LogP contribution in [0.15, 0.2) is 24.8 Å². The van der Waals surface area contributed by atoms with Crippen molar-refractivity contribution in [1.82, 2.24) is 0 Å². The Balaban J connectivity index is 0. The molecule has 0 aromatic heterocycles. The molecule has 0 N–H and O–H groups in total. The molecule has 0 fully saturated rings. The van der Waals surface area contributed by atoms with E-state index in [1.165, 1.54) is 0 Å². The molecule has 0 heterocycles. The summed E-state index contributed by atoms with van der Waals surface area (Å²) in [6.45, 7) is 15.9. The molecule has 0 aliphatic carbocycles. The molecule has 0 saturated carbocycles. The van der Waals surface area contributed by atoms with Gasteiger partial charge in [-0.3, -0.25) is 0 Å². The molecule has 0 amide bonds. The molecule has 4 heteroatoms. The van der Waals surface area contributed by atoms with E-state index in [0.29, 0.717) is 12.2 Å². The van der Waals surface area contributed by atoms with E-state index < -0.39 is 5.60 Å². The van der Waals surface area contributed by atoms with Crippen molar-refractivity contribution in [2.45, 2.75) is 40.2 Å². The molecule has 0 radical (unpaired) electrons. The number of ether oxygens (including phenoxy) is 2. The molecule has 0 atom stereocenters. The fourth-order valence-electron chi connectivity index (χ4n) is 0.598. The summed E-state index contributed by atoms with van der Waals surface area (Å²) in [5.41, 5.74) is 0.0532. The van der Waals surface area contributed by atoms with Crippen molar-refractivity contribution < 1.29 is 19.1 Å². The second-order valence-corrected chi connectivity index (χ2v) is 4.24. The van der Waals surface area contributed by atoms with Gasteiger partial charge in [0.2, 0.25) is 0 Å². The Morgan fingerprint density at radius 1 is 1.29 bits per heavy atom. The molecule has 0 aromatic carbocycles. The highest BCUT2D eigenvalue weighted by molar-refractivity contribution is 5.86. The third-order valence-electron chi connectivity index (χ3n) is 1.20. The summed E-state index contributed by atoms with van der Waals surface area (Å²) in [6.07, 6.45) is 1.16. The van der Waals surface area contributed by atoms with Crippen LogP contribution in [0.25, 0.3) is 0 Å². The van der Waals surface area contributed by atoms with E-state index in [9.17, 15) is 9.59 Å². The summed E-state index contributed by atoms with van der Waals surface area (Å²) in [5, 5.41) is 0. The maximum absolute atomic E-state index is 10.5. The molecule has 0 aliphatic heterocycles. The van der Waals surface area contributed by atoms with Crippen LogP contribution in [-0.2, 0) is 19.1 Å². The lowest BCUT2D eigenvalue weighted by molar-refractivity contribution is -0.148. The SMILES string of the molecule is C=C(C)C(=O)OCC.C=CC(=O)OC(C)(C)C. The first-order chi connectivity index (χ1) is 7.64. The van der Waals surface area contributed by atoms with Gasteiger partial charge in [0.15, 0.2) is 0 Å². The van der Waals surface area contributed by atoms with Crippen molar-refractivity contribution in [1.29, 1.82) is 0 Å². The number of esters is 2. The highest BCUT2D eigenvalue weighted by atomic mass is 16.6. The fraction of sp³-hybridized carbons (Fsp3) is 0.538. The van der Waals surface area contributed by atoms with Crippen LogP contribution in [0.4, 0.5) is 0 Å². The minimum absolute atomic E-state index is 0.312. The lowest BCUT2D eigenvalue weighted by atomic mass is 10.2. The van der Waals surface area contributed by atoms with Gasteiger partial charge in [-0.2, -0.15) is 0 Å². The Kier molecular flexibility index (Phi) is 8.96. The lowest BCUT2D eigenvalue weighted by Gasteiger charge is -2.17. The summed E-state index contributed by atoms with van der Waals surface area (Å²) in [7, 11) is 0. The summed E-state index contributed by atoms with van der Waals surface area (Å²) in [4.78, 5) is 20.9. The van der Waals surface area contributed by atoms with Crippen LogP contribution in [0.2, 0.25) is 0 Å². The predicted molar refractivity (Wildman–Crippen MR) is 67.5 cm³/mol. The van der Waals surface area contributed by atoms with Gasteiger partial charge in [-0.05, 0) is 34.6 Å². The van der Waals surface area contributed by atoms with Crippen LogP contribution in [-0.4, -0.2) is 24.1 Å². The van der Waals surface area contributed by atoms with Crippen LogP contribution in [0, 0.1) is 0 Å². The standard InChI is InChI=1S/C7H12O2.C6H10O2/c1-5-6(8)9-7(2,3)4;1-4-8-6(7)5(2)3/h5H,1H2,2-4H3;2,4H2,1,3H3. The smallest absolute Gasteiger partial charge is 0.333 e. The topological polar surface area (TPSA) is 52.6 Å². The molecule has 0 spiro atoms. The first-order valence-electron chi connectivity index (χ1n) is 5.32. The van der Waals surface area contributed by atoms with Crippen molar-refractivity contribution >= 4 is 11.9 Å². The van der Waals surface area contributed by atoms with Gasteiger partial charge in [0, 0.05) is 11.6 Å². The number of rotatable bonds is 3. The van der Waals surface area contributed by atoms with Crippen LogP contribution < -0.4 is 0 Å².